The van der Waals surface area contributed by atoms with Crippen LogP contribution in [-0.4, -0.2) is 33.1 Å². The van der Waals surface area contributed by atoms with E-state index in [0.717, 1.165) is 0 Å². The number of hydrogen-bond acceptors (Lipinski definition) is 3. The minimum absolute atomic E-state index is 0. The molecule has 0 atom stereocenters. The van der Waals surface area contributed by atoms with Gasteiger partial charge in [0.25, 0.3) is 0 Å². The number of aliphatic hydroxyl groups is 3. The molecular formula is C16H31O3Ti-. The van der Waals surface area contributed by atoms with Gasteiger partial charge in [0, 0.05) is 33.9 Å². The Kier molecular flexibility index (Phi) is 26.4. The van der Waals surface area contributed by atoms with E-state index < -0.39 is 5.60 Å². The Hall–Kier alpha value is -0.186. The monoisotopic (exact) mass is 319 g/mol. The number of aliphatic hydroxyl groups excluding tert-OH is 2. The van der Waals surface area contributed by atoms with E-state index in [0.29, 0.717) is 0 Å². The van der Waals surface area contributed by atoms with Crippen LogP contribution in [0.25, 0.3) is 0 Å². The van der Waals surface area contributed by atoms with Gasteiger partial charge in [0.2, 0.25) is 0 Å². The first-order valence-corrected chi connectivity index (χ1v) is 6.46. The van der Waals surface area contributed by atoms with Gasteiger partial charge < -0.3 is 15.3 Å². The predicted octanol–water partition coefficient (Wildman–Crippen LogP) is 3.04. The Labute approximate surface area is 139 Å². The molecule has 0 aliphatic heterocycles. The zero-order chi connectivity index (χ0) is 15.9. The second-order valence-electron chi connectivity index (χ2n) is 5.44. The van der Waals surface area contributed by atoms with E-state index in [9.17, 15) is 0 Å². The molecule has 0 aromatic heterocycles. The van der Waals surface area contributed by atoms with Crippen LogP contribution in [0.4, 0.5) is 0 Å². The number of benzene rings is 1. The van der Waals surface area contributed by atoms with Crippen LogP contribution in [0, 0.1) is 6.07 Å². The predicted molar refractivity (Wildman–Crippen MR) is 82.0 cm³/mol. The van der Waals surface area contributed by atoms with Gasteiger partial charge in [0.15, 0.2) is 0 Å². The molecule has 0 amide bonds. The Bertz CT molecular complexity index is 199. The summed E-state index contributed by atoms with van der Waals surface area (Å²) in [5.74, 6) is 0. The Morgan fingerprint density at radius 1 is 0.800 bits per heavy atom. The van der Waals surface area contributed by atoms with Crippen LogP contribution in [0.5, 0.6) is 0 Å². The maximum Gasteiger partial charge on any atom is 0.0563 e. The molecule has 0 aliphatic rings. The third-order valence-corrected chi connectivity index (χ3v) is 0.607. The van der Waals surface area contributed by atoms with Gasteiger partial charge in [-0.25, -0.2) is 0 Å². The van der Waals surface area contributed by atoms with Crippen molar-refractivity contribution >= 4 is 0 Å². The molecule has 0 spiro atoms. The van der Waals surface area contributed by atoms with E-state index in [2.05, 4.69) is 6.07 Å². The minimum atomic E-state index is -0.500. The molecule has 3 nitrogen and oxygen atoms in total. The summed E-state index contributed by atoms with van der Waals surface area (Å²) in [6.45, 7) is 12.1. The second-order valence-corrected chi connectivity index (χ2v) is 5.44. The normalized spacial score (nSPS) is 9.00. The fourth-order valence-electron chi connectivity index (χ4n) is 0.342. The molecule has 0 aliphatic carbocycles. The molecule has 1 aromatic carbocycles. The van der Waals surface area contributed by atoms with E-state index in [4.69, 9.17) is 15.3 Å². The van der Waals surface area contributed by atoms with Crippen molar-refractivity contribution in [2.45, 2.75) is 66.3 Å². The second kappa shape index (κ2) is 18.8. The van der Waals surface area contributed by atoms with Gasteiger partial charge in [-0.2, -0.15) is 36.4 Å². The zero-order valence-electron chi connectivity index (χ0n) is 13.9. The molecule has 0 saturated carbocycles. The molecular weight excluding hydrogens is 288 g/mol. The van der Waals surface area contributed by atoms with Crippen molar-refractivity contribution in [3.8, 4) is 0 Å². The van der Waals surface area contributed by atoms with Gasteiger partial charge in [-0.1, -0.05) is 0 Å². The van der Waals surface area contributed by atoms with Gasteiger partial charge in [-0.15, -0.1) is 0 Å². The Balaban J connectivity index is -0.0000000856. The first kappa shape index (κ1) is 28.0. The maximum atomic E-state index is 8.52. The Morgan fingerprint density at radius 2 is 1.00 bits per heavy atom. The zero-order valence-corrected chi connectivity index (χ0v) is 15.4. The summed E-state index contributed by atoms with van der Waals surface area (Å²) in [5.41, 5.74) is -0.500. The molecule has 4 heteroatoms. The van der Waals surface area contributed by atoms with Crippen molar-refractivity contribution in [2.75, 3.05) is 0 Å². The third-order valence-electron chi connectivity index (χ3n) is 0.607. The SMILES string of the molecule is CC(C)(C)O.CC(C)O.CC(C)O.[Ti].[c-]1ccccc1. The summed E-state index contributed by atoms with van der Waals surface area (Å²) < 4.78 is 0. The van der Waals surface area contributed by atoms with Crippen LogP contribution in [0.1, 0.15) is 48.5 Å². The van der Waals surface area contributed by atoms with E-state index in [1.807, 2.05) is 30.3 Å². The van der Waals surface area contributed by atoms with E-state index >= 15 is 0 Å². The van der Waals surface area contributed by atoms with Gasteiger partial charge >= 0.3 is 0 Å². The van der Waals surface area contributed by atoms with Crippen molar-refractivity contribution in [3.05, 3.63) is 36.4 Å². The molecule has 0 heterocycles. The quantitative estimate of drug-likeness (QED) is 0.509. The summed E-state index contributed by atoms with van der Waals surface area (Å²) in [5, 5.41) is 24.6. The summed E-state index contributed by atoms with van der Waals surface area (Å²) >= 11 is 0. The summed E-state index contributed by atoms with van der Waals surface area (Å²) in [6, 6.07) is 12.5. The van der Waals surface area contributed by atoms with Crippen molar-refractivity contribution in [1.82, 2.24) is 0 Å². The molecule has 20 heavy (non-hydrogen) atoms. The van der Waals surface area contributed by atoms with Gasteiger partial charge in [-0.3, -0.25) is 0 Å². The maximum absolute atomic E-state index is 8.52. The molecule has 0 saturated heterocycles. The fourth-order valence-corrected chi connectivity index (χ4v) is 0.342. The summed E-state index contributed by atoms with van der Waals surface area (Å²) in [7, 11) is 0. The van der Waals surface area contributed by atoms with Crippen molar-refractivity contribution in [3.63, 3.8) is 0 Å². The first-order valence-electron chi connectivity index (χ1n) is 6.46. The summed E-state index contributed by atoms with van der Waals surface area (Å²) in [4.78, 5) is 0. The third kappa shape index (κ3) is 149. The van der Waals surface area contributed by atoms with Crippen LogP contribution < -0.4 is 0 Å². The molecule has 0 fully saturated rings. The number of rotatable bonds is 0. The molecule has 118 valence electrons. The van der Waals surface area contributed by atoms with Crippen LogP contribution >= 0.6 is 0 Å². The van der Waals surface area contributed by atoms with Crippen LogP contribution in [-0.2, 0) is 21.7 Å². The molecule has 0 bridgehead atoms. The first-order chi connectivity index (χ1) is 8.46. The molecule has 0 unspecified atom stereocenters. The topological polar surface area (TPSA) is 60.7 Å². The molecule has 1 aromatic rings. The van der Waals surface area contributed by atoms with Gasteiger partial charge in [0.05, 0.1) is 5.60 Å². The van der Waals surface area contributed by atoms with Crippen LogP contribution in [0.3, 0.4) is 0 Å². The van der Waals surface area contributed by atoms with Crippen molar-refractivity contribution in [2.24, 2.45) is 0 Å². The van der Waals surface area contributed by atoms with Crippen LogP contribution in [0.15, 0.2) is 30.3 Å². The molecule has 3 N–H and O–H groups in total. The minimum Gasteiger partial charge on any atom is -0.394 e. The molecule has 0 radical (unpaired) electrons. The smallest absolute Gasteiger partial charge is 0.0563 e. The van der Waals surface area contributed by atoms with Gasteiger partial charge in [-0.05, 0) is 48.5 Å². The Morgan fingerprint density at radius 3 is 1.05 bits per heavy atom. The van der Waals surface area contributed by atoms with Crippen LogP contribution in [0.2, 0.25) is 0 Å². The average molecular weight is 319 g/mol. The number of hydrogen-bond donors (Lipinski definition) is 3. The molecule has 1 rings (SSSR count). The largest absolute Gasteiger partial charge is 0.394 e. The standard InChI is InChI=1S/C6H5.C4H10O.2C3H8O.Ti/c1-2-4-6-5-3-1;1-4(2,3)5;2*1-3(2)4;/h1-5H;5H,1-3H3;2*3-4H,1-2H3;/q-1;;;;. The van der Waals surface area contributed by atoms with Crippen molar-refractivity contribution < 1.29 is 37.0 Å². The summed E-state index contributed by atoms with van der Waals surface area (Å²) in [6.07, 6.45) is -0.333. The fraction of sp³-hybridized carbons (Fsp3) is 0.625. The average Bonchev–Trinajstić information content (AvgIpc) is 2.15. The van der Waals surface area contributed by atoms with E-state index in [1.165, 1.54) is 0 Å². The van der Waals surface area contributed by atoms with E-state index in [1.54, 1.807) is 48.5 Å². The van der Waals surface area contributed by atoms with Gasteiger partial charge in [0.1, 0.15) is 0 Å². The van der Waals surface area contributed by atoms with Crippen molar-refractivity contribution in [1.29, 1.82) is 0 Å². The van der Waals surface area contributed by atoms with E-state index in [-0.39, 0.29) is 33.9 Å².